The lowest BCUT2D eigenvalue weighted by atomic mass is 9.95. The number of nitrogens with zero attached hydrogens (tertiary/aromatic N) is 3. The number of hydrogen-bond donors (Lipinski definition) is 3. The Morgan fingerprint density at radius 1 is 1.19 bits per heavy atom. The number of carbonyl (C=O) groups excluding carboxylic acids is 1. The monoisotopic (exact) mass is 593 g/mol. The van der Waals surface area contributed by atoms with Crippen LogP contribution in [0.15, 0.2) is 60.8 Å². The van der Waals surface area contributed by atoms with Gasteiger partial charge in [-0.3, -0.25) is 9.48 Å². The van der Waals surface area contributed by atoms with E-state index in [1.807, 2.05) is 54.7 Å². The van der Waals surface area contributed by atoms with Gasteiger partial charge in [-0.05, 0) is 80.9 Å². The number of carbonyl (C=O) groups is 1. The van der Waals surface area contributed by atoms with Gasteiger partial charge in [0.05, 0.1) is 36.5 Å². The van der Waals surface area contributed by atoms with Crippen LogP contribution in [0, 0.1) is 5.92 Å². The third-order valence-corrected chi connectivity index (χ3v) is 11.4. The van der Waals surface area contributed by atoms with Gasteiger partial charge in [-0.2, -0.15) is 0 Å². The highest BCUT2D eigenvalue weighted by atomic mass is 28.4. The van der Waals surface area contributed by atoms with Gasteiger partial charge in [0, 0.05) is 24.0 Å². The Hall–Kier alpha value is -2.92. The van der Waals surface area contributed by atoms with Crippen molar-refractivity contribution in [3.63, 3.8) is 0 Å². The van der Waals surface area contributed by atoms with Crippen LogP contribution in [0.3, 0.4) is 0 Å². The van der Waals surface area contributed by atoms with E-state index in [4.69, 9.17) is 4.74 Å². The Bertz CT molecular complexity index is 1310. The van der Waals surface area contributed by atoms with Crippen LogP contribution in [0.25, 0.3) is 0 Å². The second-order valence-corrected chi connectivity index (χ2v) is 16.2. The van der Waals surface area contributed by atoms with Crippen molar-refractivity contribution in [1.29, 1.82) is 0 Å². The minimum absolute atomic E-state index is 0.0182. The molecule has 2 aliphatic heterocycles. The molecule has 5 rings (SSSR count). The van der Waals surface area contributed by atoms with Crippen molar-refractivity contribution in [2.24, 2.45) is 5.92 Å². The van der Waals surface area contributed by atoms with Crippen LogP contribution in [-0.2, 0) is 22.5 Å². The first kappa shape index (κ1) is 30.5. The van der Waals surface area contributed by atoms with E-state index in [9.17, 15) is 9.90 Å². The van der Waals surface area contributed by atoms with E-state index < -0.39 is 8.41 Å². The summed E-state index contributed by atoms with van der Waals surface area (Å²) in [7, 11) is -3.00. The van der Waals surface area contributed by atoms with Gasteiger partial charge in [0.15, 0.2) is 0 Å². The number of aliphatic hydroxyl groups is 1. The first-order valence-corrected chi connectivity index (χ1v) is 18.2. The number of anilines is 1. The molecule has 2 aliphatic rings. The Morgan fingerprint density at radius 3 is 2.71 bits per heavy atom. The molecule has 2 saturated heterocycles. The van der Waals surface area contributed by atoms with Crippen molar-refractivity contribution in [2.45, 2.75) is 88.4 Å². The van der Waals surface area contributed by atoms with Gasteiger partial charge < -0.3 is 24.6 Å². The van der Waals surface area contributed by atoms with Gasteiger partial charge in [-0.15, -0.1) is 5.10 Å². The summed E-state index contributed by atoms with van der Waals surface area (Å²) < 4.78 is 24.0. The highest BCUT2D eigenvalue weighted by molar-refractivity contribution is 6.72. The Balaban J connectivity index is 1.19. The smallest absolute Gasteiger partial charge is 0.246 e. The van der Waals surface area contributed by atoms with Crippen LogP contribution in [0.1, 0.15) is 55.3 Å². The van der Waals surface area contributed by atoms with Crippen LogP contribution in [-0.4, -0.2) is 65.8 Å². The molecular formula is C32H44FN5O3Si. The molecule has 6 atom stereocenters. The third-order valence-electron chi connectivity index (χ3n) is 8.93. The Kier molecular flexibility index (Phi) is 9.87. The lowest BCUT2D eigenvalue weighted by Crippen LogP contribution is -2.36. The SMILES string of the molecule is C[C@@H]1[C@@H]([Si](C)(C)F)[C@H](CCn2cc(C(CO)c3ccccc3)nn2)O[C@@H]1CCc1cccc(NC(=O)[C@H]2CCCN2)c1. The number of aliphatic hydroxyl groups excluding tert-OH is 1. The number of aryl methyl sites for hydroxylation is 2. The first-order chi connectivity index (χ1) is 20.2. The number of nitrogens with one attached hydrogen (secondary N) is 2. The topological polar surface area (TPSA) is 101 Å². The fourth-order valence-corrected chi connectivity index (χ4v) is 9.39. The predicted octanol–water partition coefficient (Wildman–Crippen LogP) is 5.06. The maximum absolute atomic E-state index is 15.7. The van der Waals surface area contributed by atoms with E-state index in [1.165, 1.54) is 0 Å². The summed E-state index contributed by atoms with van der Waals surface area (Å²) in [5.41, 5.74) is 3.54. The van der Waals surface area contributed by atoms with E-state index in [-0.39, 0.29) is 48.1 Å². The number of rotatable bonds is 12. The van der Waals surface area contributed by atoms with Crippen molar-refractivity contribution >= 4 is 20.0 Å². The van der Waals surface area contributed by atoms with Crippen molar-refractivity contribution < 1.29 is 18.7 Å². The van der Waals surface area contributed by atoms with Crippen molar-refractivity contribution in [3.05, 3.63) is 77.6 Å². The molecule has 3 N–H and O–H groups in total. The molecule has 3 aromatic rings. The van der Waals surface area contributed by atoms with Crippen LogP contribution >= 0.6 is 0 Å². The number of halogens is 1. The van der Waals surface area contributed by atoms with Crippen molar-refractivity contribution in [3.8, 4) is 0 Å². The zero-order valence-electron chi connectivity index (χ0n) is 24.9. The maximum atomic E-state index is 15.7. The first-order valence-electron chi connectivity index (χ1n) is 15.3. The van der Waals surface area contributed by atoms with Crippen LogP contribution in [0.4, 0.5) is 9.80 Å². The molecule has 0 saturated carbocycles. The quantitative estimate of drug-likeness (QED) is 0.200. The molecule has 1 aromatic heterocycles. The predicted molar refractivity (Wildman–Crippen MR) is 165 cm³/mol. The third kappa shape index (κ3) is 7.34. The summed E-state index contributed by atoms with van der Waals surface area (Å²) >= 11 is 0. The molecular weight excluding hydrogens is 549 g/mol. The standard InChI is InChI=1S/C32H44FN5O3Si/c1-22-29(15-14-23-9-7-12-25(19-23)35-32(40)27-13-8-17-34-27)41-30(31(22)42(2,3)33)16-18-38-20-28(36-37-38)26(21-39)24-10-5-4-6-11-24/h4-7,9-12,19-20,22,26-27,29-31,34,39H,8,13-18,21H2,1-3H3,(H,35,40)/t22-,26?,27+,29+,30-,31+/m0/s1. The molecule has 0 radical (unpaired) electrons. The number of benzene rings is 2. The Labute approximate surface area is 249 Å². The van der Waals surface area contributed by atoms with Crippen molar-refractivity contribution in [1.82, 2.24) is 20.3 Å². The Morgan fingerprint density at radius 2 is 2.00 bits per heavy atom. The molecule has 8 nitrogen and oxygen atoms in total. The van der Waals surface area contributed by atoms with E-state index in [2.05, 4.69) is 33.9 Å². The van der Waals surface area contributed by atoms with Gasteiger partial charge >= 0.3 is 0 Å². The van der Waals surface area contributed by atoms with Gasteiger partial charge in [0.2, 0.25) is 14.3 Å². The molecule has 0 spiro atoms. The number of ether oxygens (including phenoxy) is 1. The summed E-state index contributed by atoms with van der Waals surface area (Å²) in [6.45, 7) is 7.12. The summed E-state index contributed by atoms with van der Waals surface area (Å²) in [5.74, 6) is -0.103. The average molecular weight is 594 g/mol. The second kappa shape index (κ2) is 13.6. The van der Waals surface area contributed by atoms with Gasteiger partial charge in [0.25, 0.3) is 0 Å². The molecule has 0 aliphatic carbocycles. The molecule has 10 heteroatoms. The highest BCUT2D eigenvalue weighted by Gasteiger charge is 2.50. The van der Waals surface area contributed by atoms with Crippen LogP contribution in [0.5, 0.6) is 0 Å². The molecule has 0 bridgehead atoms. The van der Waals surface area contributed by atoms with Crippen LogP contribution < -0.4 is 10.6 Å². The van der Waals surface area contributed by atoms with Gasteiger partial charge in [0.1, 0.15) is 0 Å². The highest BCUT2D eigenvalue weighted by Crippen LogP contribution is 2.47. The fourth-order valence-electron chi connectivity index (χ4n) is 6.80. The molecule has 1 unspecified atom stereocenters. The second-order valence-electron chi connectivity index (χ2n) is 12.4. The lowest BCUT2D eigenvalue weighted by Gasteiger charge is -2.28. The summed E-state index contributed by atoms with van der Waals surface area (Å²) in [6, 6.07) is 17.7. The summed E-state index contributed by atoms with van der Waals surface area (Å²) in [4.78, 5) is 12.5. The molecule has 226 valence electrons. The van der Waals surface area contributed by atoms with E-state index in [0.717, 1.165) is 54.7 Å². The summed E-state index contributed by atoms with van der Waals surface area (Å²) in [6.07, 6.45) is 5.80. The van der Waals surface area contributed by atoms with E-state index in [0.29, 0.717) is 13.0 Å². The molecule has 2 fully saturated rings. The molecule has 1 amide bonds. The van der Waals surface area contributed by atoms with Crippen molar-refractivity contribution in [2.75, 3.05) is 18.5 Å². The number of hydrogen-bond acceptors (Lipinski definition) is 6. The normalized spacial score (nSPS) is 25.0. The zero-order chi connectivity index (χ0) is 29.7. The lowest BCUT2D eigenvalue weighted by molar-refractivity contribution is -0.117. The van der Waals surface area contributed by atoms with E-state index >= 15 is 4.11 Å². The zero-order valence-corrected chi connectivity index (χ0v) is 25.9. The largest absolute Gasteiger partial charge is 0.395 e. The molecule has 42 heavy (non-hydrogen) atoms. The van der Waals surface area contributed by atoms with E-state index in [1.54, 1.807) is 17.8 Å². The van der Waals surface area contributed by atoms with Gasteiger partial charge in [-0.1, -0.05) is 54.6 Å². The number of aromatic nitrogens is 3. The minimum Gasteiger partial charge on any atom is -0.395 e. The molecule has 3 heterocycles. The average Bonchev–Trinajstić information content (AvgIpc) is 3.73. The summed E-state index contributed by atoms with van der Waals surface area (Å²) in [5, 5.41) is 24.9. The number of amides is 1. The molecule has 2 aromatic carbocycles. The minimum atomic E-state index is -3.00. The fraction of sp³-hybridized carbons (Fsp3) is 0.531. The maximum Gasteiger partial charge on any atom is 0.246 e. The van der Waals surface area contributed by atoms with Crippen LogP contribution in [0.2, 0.25) is 18.6 Å². The van der Waals surface area contributed by atoms with Gasteiger partial charge in [-0.25, -0.2) is 0 Å².